The lowest BCUT2D eigenvalue weighted by Gasteiger charge is -2.11. The highest BCUT2D eigenvalue weighted by molar-refractivity contribution is 5.93. The number of hydrogen-bond acceptors (Lipinski definition) is 4. The molecule has 0 unspecified atom stereocenters. The Hall–Kier alpha value is -3.02. The number of amides is 1. The number of nitrogens with one attached hydrogen (secondary N) is 1. The molecule has 2 aromatic rings. The number of ether oxygens (including phenoxy) is 2. The predicted octanol–water partition coefficient (Wildman–Crippen LogP) is 2.72. The van der Waals surface area contributed by atoms with Gasteiger partial charge in [-0.05, 0) is 48.9 Å². The number of carboxylic acid groups (broad SMARTS) is 1. The van der Waals surface area contributed by atoms with Crippen LogP contribution >= 0.6 is 0 Å². The first-order chi connectivity index (χ1) is 11.0. The summed E-state index contributed by atoms with van der Waals surface area (Å²) in [6.07, 6.45) is 0. The first-order valence-electron chi connectivity index (χ1n) is 6.90. The molecule has 2 aromatic carbocycles. The van der Waals surface area contributed by atoms with Crippen LogP contribution in [0.3, 0.4) is 0 Å². The number of methoxy groups -OCH3 is 1. The summed E-state index contributed by atoms with van der Waals surface area (Å²) in [5.41, 5.74) is 1.72. The minimum Gasteiger partial charge on any atom is -0.495 e. The van der Waals surface area contributed by atoms with Gasteiger partial charge in [-0.2, -0.15) is 0 Å². The van der Waals surface area contributed by atoms with Crippen molar-refractivity contribution in [1.29, 1.82) is 0 Å². The molecule has 1 amide bonds. The lowest BCUT2D eigenvalue weighted by atomic mass is 10.2. The van der Waals surface area contributed by atoms with Gasteiger partial charge in [0.05, 0.1) is 18.4 Å². The van der Waals surface area contributed by atoms with Crippen molar-refractivity contribution in [2.24, 2.45) is 0 Å². The maximum absolute atomic E-state index is 12.0. The van der Waals surface area contributed by atoms with E-state index in [1.807, 2.05) is 13.0 Å². The number of anilines is 1. The van der Waals surface area contributed by atoms with E-state index in [1.165, 1.54) is 31.4 Å². The van der Waals surface area contributed by atoms with E-state index < -0.39 is 5.97 Å². The average Bonchev–Trinajstić information content (AvgIpc) is 2.53. The van der Waals surface area contributed by atoms with Crippen LogP contribution in [0.4, 0.5) is 5.69 Å². The third kappa shape index (κ3) is 4.47. The zero-order chi connectivity index (χ0) is 16.8. The highest BCUT2D eigenvalue weighted by atomic mass is 16.5. The number of aromatic carboxylic acids is 1. The summed E-state index contributed by atoms with van der Waals surface area (Å²) in [6.45, 7) is 1.72. The maximum Gasteiger partial charge on any atom is 0.335 e. The largest absolute Gasteiger partial charge is 0.495 e. The number of hydrogen-bond donors (Lipinski definition) is 2. The molecule has 2 N–H and O–H groups in total. The Morgan fingerprint density at radius 2 is 1.83 bits per heavy atom. The number of carbonyl (C=O) groups excluding carboxylic acids is 1. The minimum absolute atomic E-state index is 0.159. The van der Waals surface area contributed by atoms with Gasteiger partial charge in [-0.3, -0.25) is 4.79 Å². The summed E-state index contributed by atoms with van der Waals surface area (Å²) >= 11 is 0. The van der Waals surface area contributed by atoms with Crippen molar-refractivity contribution in [2.45, 2.75) is 6.92 Å². The van der Waals surface area contributed by atoms with Crippen LogP contribution in [0, 0.1) is 6.92 Å². The Balaban J connectivity index is 1.95. The molecule has 120 valence electrons. The van der Waals surface area contributed by atoms with Crippen LogP contribution in [-0.2, 0) is 4.79 Å². The van der Waals surface area contributed by atoms with Crippen molar-refractivity contribution < 1.29 is 24.2 Å². The molecule has 0 fully saturated rings. The molecular weight excluding hydrogens is 298 g/mol. The molecule has 23 heavy (non-hydrogen) atoms. The van der Waals surface area contributed by atoms with E-state index in [4.69, 9.17) is 14.6 Å². The molecule has 0 atom stereocenters. The van der Waals surface area contributed by atoms with Crippen molar-refractivity contribution in [2.75, 3.05) is 19.0 Å². The quantitative estimate of drug-likeness (QED) is 0.856. The van der Waals surface area contributed by atoms with Crippen LogP contribution in [0.25, 0.3) is 0 Å². The Morgan fingerprint density at radius 3 is 2.43 bits per heavy atom. The van der Waals surface area contributed by atoms with Gasteiger partial charge in [-0.25, -0.2) is 4.79 Å². The molecule has 0 bridgehead atoms. The van der Waals surface area contributed by atoms with Crippen molar-refractivity contribution in [3.05, 3.63) is 53.6 Å². The fourth-order valence-electron chi connectivity index (χ4n) is 1.95. The summed E-state index contributed by atoms with van der Waals surface area (Å²) < 4.78 is 10.5. The fraction of sp³-hybridized carbons (Fsp3) is 0.176. The first-order valence-corrected chi connectivity index (χ1v) is 6.90. The van der Waals surface area contributed by atoms with E-state index in [9.17, 15) is 9.59 Å². The van der Waals surface area contributed by atoms with Gasteiger partial charge in [0, 0.05) is 0 Å². The molecule has 0 aliphatic carbocycles. The van der Waals surface area contributed by atoms with E-state index in [2.05, 4.69) is 5.32 Å². The third-order valence-electron chi connectivity index (χ3n) is 3.10. The minimum atomic E-state index is -1.01. The lowest BCUT2D eigenvalue weighted by Crippen LogP contribution is -2.20. The Labute approximate surface area is 133 Å². The highest BCUT2D eigenvalue weighted by Crippen LogP contribution is 2.25. The molecule has 0 aromatic heterocycles. The smallest absolute Gasteiger partial charge is 0.335 e. The lowest BCUT2D eigenvalue weighted by molar-refractivity contribution is -0.118. The molecule has 6 nitrogen and oxygen atoms in total. The van der Waals surface area contributed by atoms with Crippen LogP contribution < -0.4 is 14.8 Å². The summed E-state index contributed by atoms with van der Waals surface area (Å²) in [4.78, 5) is 22.7. The molecule has 0 saturated carbocycles. The van der Waals surface area contributed by atoms with Crippen LogP contribution in [0.15, 0.2) is 42.5 Å². The highest BCUT2D eigenvalue weighted by Gasteiger charge is 2.09. The third-order valence-corrected chi connectivity index (χ3v) is 3.10. The molecular formula is C17H17NO5. The summed E-state index contributed by atoms with van der Waals surface area (Å²) in [6, 6.07) is 11.3. The number of rotatable bonds is 6. The topological polar surface area (TPSA) is 84.9 Å². The molecule has 0 radical (unpaired) electrons. The SMILES string of the molecule is COc1ccc(C)cc1NC(=O)COc1ccc(C(=O)O)cc1. The number of carboxylic acids is 1. The van der Waals surface area contributed by atoms with Crippen molar-refractivity contribution in [3.8, 4) is 11.5 Å². The monoisotopic (exact) mass is 315 g/mol. The van der Waals surface area contributed by atoms with Crippen LogP contribution in [0.5, 0.6) is 11.5 Å². The van der Waals surface area contributed by atoms with E-state index in [0.717, 1.165) is 5.56 Å². The van der Waals surface area contributed by atoms with Gasteiger partial charge in [0.15, 0.2) is 6.61 Å². The predicted molar refractivity (Wildman–Crippen MR) is 85.3 cm³/mol. The first kappa shape index (κ1) is 16.4. The molecule has 6 heteroatoms. The summed E-state index contributed by atoms with van der Waals surface area (Å²) in [5, 5.41) is 11.5. The fourth-order valence-corrected chi connectivity index (χ4v) is 1.95. The molecule has 2 rings (SSSR count). The van der Waals surface area contributed by atoms with Gasteiger partial charge in [-0.1, -0.05) is 6.07 Å². The second kappa shape index (κ2) is 7.31. The maximum atomic E-state index is 12.0. The second-order valence-corrected chi connectivity index (χ2v) is 4.87. The van der Waals surface area contributed by atoms with Crippen molar-refractivity contribution in [3.63, 3.8) is 0 Å². The Bertz CT molecular complexity index is 709. The molecule has 0 heterocycles. The molecule has 0 spiro atoms. The average molecular weight is 315 g/mol. The standard InChI is InChI=1S/C17H17NO5/c1-11-3-8-15(22-2)14(9-11)18-16(19)10-23-13-6-4-12(5-7-13)17(20)21/h3-9H,10H2,1-2H3,(H,18,19)(H,20,21). The zero-order valence-corrected chi connectivity index (χ0v) is 12.8. The number of benzene rings is 2. The van der Waals surface area contributed by atoms with Crippen molar-refractivity contribution >= 4 is 17.6 Å². The van der Waals surface area contributed by atoms with E-state index >= 15 is 0 Å². The normalized spacial score (nSPS) is 10.0. The van der Waals surface area contributed by atoms with Gasteiger partial charge in [-0.15, -0.1) is 0 Å². The number of carbonyl (C=O) groups is 2. The van der Waals surface area contributed by atoms with E-state index in [0.29, 0.717) is 17.2 Å². The van der Waals surface area contributed by atoms with Gasteiger partial charge < -0.3 is 19.9 Å². The van der Waals surface area contributed by atoms with Crippen LogP contribution in [0.1, 0.15) is 15.9 Å². The molecule has 0 saturated heterocycles. The van der Waals surface area contributed by atoms with Gasteiger partial charge in [0.1, 0.15) is 11.5 Å². The zero-order valence-electron chi connectivity index (χ0n) is 12.8. The van der Waals surface area contributed by atoms with Gasteiger partial charge in [0.25, 0.3) is 5.91 Å². The molecule has 0 aliphatic rings. The van der Waals surface area contributed by atoms with Crippen LogP contribution in [0.2, 0.25) is 0 Å². The molecule has 0 aliphatic heterocycles. The van der Waals surface area contributed by atoms with Gasteiger partial charge in [0.2, 0.25) is 0 Å². The Morgan fingerprint density at radius 1 is 1.13 bits per heavy atom. The second-order valence-electron chi connectivity index (χ2n) is 4.87. The summed E-state index contributed by atoms with van der Waals surface area (Å²) in [5.74, 6) is -0.367. The van der Waals surface area contributed by atoms with Crippen LogP contribution in [-0.4, -0.2) is 30.7 Å². The van der Waals surface area contributed by atoms with E-state index in [1.54, 1.807) is 12.1 Å². The Kier molecular flexibility index (Phi) is 5.19. The number of aryl methyl sites for hydroxylation is 1. The summed E-state index contributed by atoms with van der Waals surface area (Å²) in [7, 11) is 1.53. The van der Waals surface area contributed by atoms with Gasteiger partial charge >= 0.3 is 5.97 Å². The van der Waals surface area contributed by atoms with Crippen molar-refractivity contribution in [1.82, 2.24) is 0 Å². The van der Waals surface area contributed by atoms with E-state index in [-0.39, 0.29) is 18.1 Å².